The molecule has 3 heterocycles. The minimum absolute atomic E-state index is 0.0556. The second kappa shape index (κ2) is 6.69. The van der Waals surface area contributed by atoms with Crippen LogP contribution in [0.3, 0.4) is 0 Å². The van der Waals surface area contributed by atoms with Gasteiger partial charge in [-0.15, -0.1) is 0 Å². The highest BCUT2D eigenvalue weighted by atomic mass is 16.7. The first-order valence-corrected chi connectivity index (χ1v) is 7.67. The predicted octanol–water partition coefficient (Wildman–Crippen LogP) is -1.32. The molecule has 3 N–H and O–H groups in total. The summed E-state index contributed by atoms with van der Waals surface area (Å²) in [4.78, 5) is 46.9. The number of urea groups is 1. The molecule has 0 spiro atoms. The molecule has 0 aromatic carbocycles. The first-order valence-electron chi connectivity index (χ1n) is 7.67. The standard InChI is InChI=1S/C13H20N4O6/c18-11(19)7-22-17-8-1-2-10(16(6-8)13(17)21)12(20)15-23-9-3-4-14-5-9/h8-10,14H,1-7H2,(H,15,20)(H,18,19)/t8-,9-,10-/m1/s1. The number of fused-ring (bicyclic) bond motifs is 2. The topological polar surface area (TPSA) is 120 Å². The maximum atomic E-state index is 12.3. The summed E-state index contributed by atoms with van der Waals surface area (Å²) in [6.45, 7) is 1.31. The van der Waals surface area contributed by atoms with E-state index in [1.807, 2.05) is 0 Å². The monoisotopic (exact) mass is 328 g/mol. The van der Waals surface area contributed by atoms with Crippen molar-refractivity contribution < 1.29 is 29.2 Å². The molecule has 2 bridgehead atoms. The number of rotatable bonds is 6. The number of aliphatic carboxylic acids is 1. The van der Waals surface area contributed by atoms with Gasteiger partial charge in [-0.1, -0.05) is 0 Å². The Balaban J connectivity index is 1.55. The Labute approximate surface area is 132 Å². The van der Waals surface area contributed by atoms with Crippen molar-refractivity contribution in [2.75, 3.05) is 26.2 Å². The van der Waals surface area contributed by atoms with E-state index in [1.165, 1.54) is 4.90 Å². The summed E-state index contributed by atoms with van der Waals surface area (Å²) in [6, 6.07) is -1.31. The smallest absolute Gasteiger partial charge is 0.345 e. The molecule has 3 fully saturated rings. The Morgan fingerprint density at radius 2 is 2.17 bits per heavy atom. The maximum absolute atomic E-state index is 12.3. The molecule has 3 rings (SSSR count). The highest BCUT2D eigenvalue weighted by Gasteiger charge is 2.48. The second-order valence-electron chi connectivity index (χ2n) is 5.87. The van der Waals surface area contributed by atoms with E-state index >= 15 is 0 Å². The normalized spacial score (nSPS) is 29.9. The number of nitrogens with zero attached hydrogens (tertiary/aromatic N) is 2. The first kappa shape index (κ1) is 16.0. The lowest BCUT2D eigenvalue weighted by molar-refractivity contribution is -0.167. The average molecular weight is 328 g/mol. The number of nitrogens with one attached hydrogen (secondary N) is 2. The molecule has 0 radical (unpaired) electrons. The van der Waals surface area contributed by atoms with Crippen LogP contribution in [-0.4, -0.2) is 77.4 Å². The summed E-state index contributed by atoms with van der Waals surface area (Å²) in [5.41, 5.74) is 2.44. The molecule has 0 aromatic rings. The SMILES string of the molecule is O=C(O)CON1C(=O)N2C[C@H]1CC[C@@H]2C(=O)NO[C@@H]1CCNC1. The highest BCUT2D eigenvalue weighted by Crippen LogP contribution is 2.30. The summed E-state index contributed by atoms with van der Waals surface area (Å²) in [7, 11) is 0. The average Bonchev–Trinajstić information content (AvgIpc) is 3.12. The predicted molar refractivity (Wildman–Crippen MR) is 74.8 cm³/mol. The Hall–Kier alpha value is -1.91. The minimum Gasteiger partial charge on any atom is -0.479 e. The van der Waals surface area contributed by atoms with Crippen molar-refractivity contribution in [1.29, 1.82) is 0 Å². The van der Waals surface area contributed by atoms with Crippen molar-refractivity contribution in [2.24, 2.45) is 0 Å². The number of carbonyl (C=O) groups is 3. The van der Waals surface area contributed by atoms with E-state index in [0.29, 0.717) is 25.9 Å². The summed E-state index contributed by atoms with van der Waals surface area (Å²) in [5.74, 6) is -1.51. The maximum Gasteiger partial charge on any atom is 0.345 e. The lowest BCUT2D eigenvalue weighted by atomic mass is 10.0. The van der Waals surface area contributed by atoms with Gasteiger partial charge in [0.2, 0.25) is 0 Å². The van der Waals surface area contributed by atoms with Gasteiger partial charge in [-0.2, -0.15) is 5.06 Å². The zero-order valence-corrected chi connectivity index (χ0v) is 12.6. The molecular weight excluding hydrogens is 308 g/mol. The molecule has 0 aromatic heterocycles. The van der Waals surface area contributed by atoms with Crippen LogP contribution in [0.2, 0.25) is 0 Å². The Bertz CT molecular complexity index is 495. The quantitative estimate of drug-likeness (QED) is 0.517. The Morgan fingerprint density at radius 3 is 2.87 bits per heavy atom. The molecule has 128 valence electrons. The van der Waals surface area contributed by atoms with Crippen LogP contribution in [0.5, 0.6) is 0 Å². The number of carbonyl (C=O) groups excluding carboxylic acids is 2. The fourth-order valence-corrected chi connectivity index (χ4v) is 3.13. The van der Waals surface area contributed by atoms with Gasteiger partial charge >= 0.3 is 12.0 Å². The van der Waals surface area contributed by atoms with Crippen molar-refractivity contribution in [2.45, 2.75) is 37.5 Å². The van der Waals surface area contributed by atoms with Gasteiger partial charge < -0.3 is 15.3 Å². The number of amides is 3. The lowest BCUT2D eigenvalue weighted by Gasteiger charge is -2.29. The van der Waals surface area contributed by atoms with Gasteiger partial charge in [-0.3, -0.25) is 14.5 Å². The molecule has 3 atom stereocenters. The molecular formula is C13H20N4O6. The summed E-state index contributed by atoms with van der Waals surface area (Å²) >= 11 is 0. The van der Waals surface area contributed by atoms with Gasteiger partial charge in [-0.05, 0) is 25.8 Å². The van der Waals surface area contributed by atoms with Crippen LogP contribution in [-0.2, 0) is 19.3 Å². The van der Waals surface area contributed by atoms with Crippen LogP contribution >= 0.6 is 0 Å². The van der Waals surface area contributed by atoms with Crippen LogP contribution < -0.4 is 10.8 Å². The molecule has 3 amide bonds. The van der Waals surface area contributed by atoms with Gasteiger partial charge in [0.15, 0.2) is 6.61 Å². The number of piperidine rings is 1. The third-order valence-corrected chi connectivity index (χ3v) is 4.29. The molecule has 0 aliphatic carbocycles. The minimum atomic E-state index is -1.15. The van der Waals surface area contributed by atoms with E-state index in [9.17, 15) is 14.4 Å². The zero-order chi connectivity index (χ0) is 16.4. The van der Waals surface area contributed by atoms with Crippen molar-refractivity contribution in [3.05, 3.63) is 0 Å². The third-order valence-electron chi connectivity index (χ3n) is 4.29. The van der Waals surface area contributed by atoms with Gasteiger partial charge in [-0.25, -0.2) is 15.1 Å². The van der Waals surface area contributed by atoms with Crippen LogP contribution in [0.1, 0.15) is 19.3 Å². The largest absolute Gasteiger partial charge is 0.479 e. The van der Waals surface area contributed by atoms with Crippen molar-refractivity contribution in [3.8, 4) is 0 Å². The van der Waals surface area contributed by atoms with Gasteiger partial charge in [0, 0.05) is 13.1 Å². The zero-order valence-electron chi connectivity index (χ0n) is 12.6. The number of hydrogen-bond acceptors (Lipinski definition) is 6. The molecule has 3 aliphatic heterocycles. The molecule has 3 saturated heterocycles. The van der Waals surface area contributed by atoms with E-state index in [2.05, 4.69) is 10.8 Å². The molecule has 23 heavy (non-hydrogen) atoms. The van der Waals surface area contributed by atoms with Crippen LogP contribution in [0.4, 0.5) is 4.79 Å². The van der Waals surface area contributed by atoms with Crippen LogP contribution in [0.15, 0.2) is 0 Å². The van der Waals surface area contributed by atoms with E-state index < -0.39 is 24.6 Å². The summed E-state index contributed by atoms with van der Waals surface area (Å²) in [5, 5.41) is 12.9. The first-order chi connectivity index (χ1) is 11.1. The molecule has 3 aliphatic rings. The third kappa shape index (κ3) is 3.38. The number of carboxylic acid groups (broad SMARTS) is 1. The highest BCUT2D eigenvalue weighted by molar-refractivity contribution is 5.88. The van der Waals surface area contributed by atoms with E-state index in [0.717, 1.165) is 18.0 Å². The summed E-state index contributed by atoms with van der Waals surface area (Å²) < 4.78 is 0. The van der Waals surface area contributed by atoms with Crippen molar-refractivity contribution >= 4 is 17.9 Å². The fourth-order valence-electron chi connectivity index (χ4n) is 3.13. The van der Waals surface area contributed by atoms with Crippen molar-refractivity contribution in [3.63, 3.8) is 0 Å². The number of hydroxylamine groups is 3. The molecule has 10 nitrogen and oxygen atoms in total. The van der Waals surface area contributed by atoms with Gasteiger partial charge in [0.1, 0.15) is 6.04 Å². The van der Waals surface area contributed by atoms with Crippen molar-refractivity contribution in [1.82, 2.24) is 20.8 Å². The van der Waals surface area contributed by atoms with E-state index in [4.69, 9.17) is 14.8 Å². The van der Waals surface area contributed by atoms with Gasteiger partial charge in [0.25, 0.3) is 5.91 Å². The molecule has 10 heteroatoms. The fraction of sp³-hybridized carbons (Fsp3) is 0.769. The lowest BCUT2D eigenvalue weighted by Crippen LogP contribution is -2.50. The number of carboxylic acids is 1. The van der Waals surface area contributed by atoms with Gasteiger partial charge in [0.05, 0.1) is 12.1 Å². The summed E-state index contributed by atoms with van der Waals surface area (Å²) in [6.07, 6.45) is 1.83. The van der Waals surface area contributed by atoms with Crippen LogP contribution in [0.25, 0.3) is 0 Å². The Morgan fingerprint density at radius 1 is 1.35 bits per heavy atom. The second-order valence-corrected chi connectivity index (χ2v) is 5.87. The number of hydrogen-bond donors (Lipinski definition) is 3. The van der Waals surface area contributed by atoms with Crippen LogP contribution in [0, 0.1) is 0 Å². The van der Waals surface area contributed by atoms with E-state index in [1.54, 1.807) is 0 Å². The van der Waals surface area contributed by atoms with E-state index in [-0.39, 0.29) is 18.1 Å². The molecule has 0 saturated carbocycles. The Kier molecular flexibility index (Phi) is 4.64. The molecule has 0 unspecified atom stereocenters.